The molecule has 0 unspecified atom stereocenters. The van der Waals surface area contributed by atoms with E-state index in [4.69, 9.17) is 5.73 Å². The number of imidazole rings is 1. The summed E-state index contributed by atoms with van der Waals surface area (Å²) in [5, 5.41) is 0. The van der Waals surface area contributed by atoms with E-state index < -0.39 is 0 Å². The van der Waals surface area contributed by atoms with Crippen molar-refractivity contribution < 1.29 is 0 Å². The first kappa shape index (κ1) is 12.3. The average molecular weight is 265 g/mol. The van der Waals surface area contributed by atoms with Crippen LogP contribution in [0, 0.1) is 0 Å². The van der Waals surface area contributed by atoms with Crippen LogP contribution in [-0.4, -0.2) is 19.5 Å². The first-order valence-electron chi connectivity index (χ1n) is 6.48. The minimum absolute atomic E-state index is 0.267. The highest BCUT2D eigenvalue weighted by molar-refractivity contribution is 5.69. The number of aromatic nitrogens is 4. The van der Waals surface area contributed by atoms with Gasteiger partial charge >= 0.3 is 0 Å². The van der Waals surface area contributed by atoms with Gasteiger partial charge in [0.2, 0.25) is 5.95 Å². The summed E-state index contributed by atoms with van der Waals surface area (Å²) in [7, 11) is 0. The van der Waals surface area contributed by atoms with Crippen molar-refractivity contribution in [2.75, 3.05) is 5.73 Å². The number of nitrogens with two attached hydrogens (primary N) is 1. The van der Waals surface area contributed by atoms with E-state index in [9.17, 15) is 0 Å². The van der Waals surface area contributed by atoms with Gasteiger partial charge in [0, 0.05) is 18.0 Å². The fourth-order valence-corrected chi connectivity index (χ4v) is 2.09. The predicted molar refractivity (Wildman–Crippen MR) is 78.4 cm³/mol. The molecule has 100 valence electrons. The Morgan fingerprint density at radius 1 is 1.20 bits per heavy atom. The van der Waals surface area contributed by atoms with Gasteiger partial charge in [0.05, 0.1) is 23.9 Å². The number of rotatable bonds is 3. The van der Waals surface area contributed by atoms with Crippen molar-refractivity contribution in [1.29, 1.82) is 0 Å². The molecule has 2 heterocycles. The topological polar surface area (TPSA) is 69.6 Å². The molecule has 0 fully saturated rings. The molecule has 3 aromatic rings. The van der Waals surface area contributed by atoms with Crippen LogP contribution in [0.3, 0.4) is 0 Å². The second kappa shape index (κ2) is 5.13. The summed E-state index contributed by atoms with van der Waals surface area (Å²) in [5.74, 6) is 0.267. The molecule has 0 aliphatic rings. The number of hydrogen-bond acceptors (Lipinski definition) is 4. The highest BCUT2D eigenvalue weighted by Crippen LogP contribution is 2.25. The minimum Gasteiger partial charge on any atom is -0.368 e. The van der Waals surface area contributed by atoms with Crippen molar-refractivity contribution in [2.24, 2.45) is 0 Å². The van der Waals surface area contributed by atoms with Crippen LogP contribution in [0.5, 0.6) is 0 Å². The van der Waals surface area contributed by atoms with Crippen molar-refractivity contribution in [3.63, 3.8) is 0 Å². The molecule has 0 aliphatic carbocycles. The lowest BCUT2D eigenvalue weighted by Crippen LogP contribution is -2.02. The molecule has 2 aromatic heterocycles. The molecule has 1 aromatic carbocycles. The van der Waals surface area contributed by atoms with Crippen molar-refractivity contribution in [3.8, 4) is 16.9 Å². The fraction of sp³-hybridized carbons (Fsp3) is 0.133. The highest BCUT2D eigenvalue weighted by Gasteiger charge is 2.10. The third kappa shape index (κ3) is 2.25. The summed E-state index contributed by atoms with van der Waals surface area (Å²) in [6.07, 6.45) is 8.03. The number of aryl methyl sites for hydroxylation is 1. The van der Waals surface area contributed by atoms with Crippen LogP contribution in [0.15, 0.2) is 49.2 Å². The number of nitrogens with zero attached hydrogens (tertiary/aromatic N) is 4. The number of benzene rings is 1. The van der Waals surface area contributed by atoms with Crippen molar-refractivity contribution in [3.05, 3.63) is 54.7 Å². The van der Waals surface area contributed by atoms with Crippen LogP contribution in [0.25, 0.3) is 16.9 Å². The molecular weight excluding hydrogens is 250 g/mol. The van der Waals surface area contributed by atoms with E-state index >= 15 is 0 Å². The van der Waals surface area contributed by atoms with Crippen LogP contribution in [0.2, 0.25) is 0 Å². The molecule has 0 saturated carbocycles. The molecule has 0 saturated heterocycles. The zero-order valence-corrected chi connectivity index (χ0v) is 11.2. The van der Waals surface area contributed by atoms with Gasteiger partial charge in [0.1, 0.15) is 0 Å². The van der Waals surface area contributed by atoms with E-state index in [1.54, 1.807) is 18.7 Å². The summed E-state index contributed by atoms with van der Waals surface area (Å²) in [6, 6.07) is 8.32. The molecule has 0 spiro atoms. The van der Waals surface area contributed by atoms with Crippen LogP contribution >= 0.6 is 0 Å². The molecular formula is C15H15N5. The van der Waals surface area contributed by atoms with E-state index in [1.807, 2.05) is 10.8 Å². The molecule has 0 atom stereocenters. The average Bonchev–Trinajstić information content (AvgIpc) is 3.01. The Kier molecular flexibility index (Phi) is 3.16. The maximum atomic E-state index is 5.73. The quantitative estimate of drug-likeness (QED) is 0.789. The predicted octanol–water partition coefficient (Wildman–Crippen LogP) is 2.47. The van der Waals surface area contributed by atoms with Gasteiger partial charge in [-0.2, -0.15) is 0 Å². The van der Waals surface area contributed by atoms with Crippen LogP contribution < -0.4 is 5.73 Å². The van der Waals surface area contributed by atoms with Crippen molar-refractivity contribution in [2.45, 2.75) is 13.3 Å². The van der Waals surface area contributed by atoms with Crippen LogP contribution in [0.4, 0.5) is 5.95 Å². The fourth-order valence-electron chi connectivity index (χ4n) is 2.09. The van der Waals surface area contributed by atoms with E-state index in [0.717, 1.165) is 23.4 Å². The number of hydrogen-bond donors (Lipinski definition) is 1. The van der Waals surface area contributed by atoms with Gasteiger partial charge in [0.15, 0.2) is 0 Å². The van der Waals surface area contributed by atoms with Gasteiger partial charge in [0.25, 0.3) is 0 Å². The standard InChI is InChI=1S/C15H15N5/c1-2-11-3-5-12(6-4-11)14-13(9-18-15(16)19-14)20-8-7-17-10-20/h3-10H,2H2,1H3,(H2,16,18,19). The Balaban J connectivity index is 2.13. The van der Waals surface area contributed by atoms with Crippen molar-refractivity contribution in [1.82, 2.24) is 19.5 Å². The normalized spacial score (nSPS) is 10.7. The van der Waals surface area contributed by atoms with Crippen molar-refractivity contribution >= 4 is 5.95 Å². The smallest absolute Gasteiger partial charge is 0.220 e. The maximum Gasteiger partial charge on any atom is 0.220 e. The van der Waals surface area contributed by atoms with E-state index in [-0.39, 0.29) is 5.95 Å². The van der Waals surface area contributed by atoms with Crippen LogP contribution in [0.1, 0.15) is 12.5 Å². The lowest BCUT2D eigenvalue weighted by Gasteiger charge is -2.10. The summed E-state index contributed by atoms with van der Waals surface area (Å²) < 4.78 is 1.88. The SMILES string of the molecule is CCc1ccc(-c2nc(N)ncc2-n2ccnc2)cc1. The second-order valence-corrected chi connectivity index (χ2v) is 4.48. The Morgan fingerprint density at radius 3 is 2.65 bits per heavy atom. The first-order valence-corrected chi connectivity index (χ1v) is 6.48. The largest absolute Gasteiger partial charge is 0.368 e. The monoisotopic (exact) mass is 265 g/mol. The second-order valence-electron chi connectivity index (χ2n) is 4.48. The molecule has 20 heavy (non-hydrogen) atoms. The van der Waals surface area contributed by atoms with Gasteiger partial charge in [-0.25, -0.2) is 15.0 Å². The molecule has 0 aliphatic heterocycles. The molecule has 0 amide bonds. The Labute approximate surface area is 117 Å². The molecule has 3 rings (SSSR count). The summed E-state index contributed by atoms with van der Waals surface area (Å²) >= 11 is 0. The zero-order valence-electron chi connectivity index (χ0n) is 11.2. The van der Waals surface area contributed by atoms with Crippen LogP contribution in [-0.2, 0) is 6.42 Å². The van der Waals surface area contributed by atoms with Gasteiger partial charge in [-0.3, -0.25) is 0 Å². The lowest BCUT2D eigenvalue weighted by atomic mass is 10.1. The molecule has 2 N–H and O–H groups in total. The van der Waals surface area contributed by atoms with E-state index in [2.05, 4.69) is 46.1 Å². The summed E-state index contributed by atoms with van der Waals surface area (Å²) in [4.78, 5) is 12.5. The van der Waals surface area contributed by atoms with Gasteiger partial charge < -0.3 is 10.3 Å². The Morgan fingerprint density at radius 2 is 2.00 bits per heavy atom. The third-order valence-electron chi connectivity index (χ3n) is 3.21. The van der Waals surface area contributed by atoms with Gasteiger partial charge in [-0.1, -0.05) is 31.2 Å². The molecule has 0 bridgehead atoms. The molecule has 5 heteroatoms. The molecule has 0 radical (unpaired) electrons. The number of anilines is 1. The lowest BCUT2D eigenvalue weighted by molar-refractivity contribution is 1.02. The first-order chi connectivity index (χ1) is 9.78. The Bertz CT molecular complexity index is 702. The summed E-state index contributed by atoms with van der Waals surface area (Å²) in [5.41, 5.74) is 9.70. The van der Waals surface area contributed by atoms with E-state index in [0.29, 0.717) is 0 Å². The Hall–Kier alpha value is -2.69. The maximum absolute atomic E-state index is 5.73. The van der Waals surface area contributed by atoms with Gasteiger partial charge in [-0.15, -0.1) is 0 Å². The highest BCUT2D eigenvalue weighted by atomic mass is 15.1. The minimum atomic E-state index is 0.267. The zero-order chi connectivity index (χ0) is 13.9. The molecule has 5 nitrogen and oxygen atoms in total. The summed E-state index contributed by atoms with van der Waals surface area (Å²) in [6.45, 7) is 2.13. The number of nitrogen functional groups attached to an aromatic ring is 1. The van der Waals surface area contributed by atoms with Gasteiger partial charge in [-0.05, 0) is 12.0 Å². The third-order valence-corrected chi connectivity index (χ3v) is 3.21. The van der Waals surface area contributed by atoms with E-state index in [1.165, 1.54) is 5.56 Å².